The van der Waals surface area contributed by atoms with Gasteiger partial charge in [-0.1, -0.05) is 182 Å². The molecule has 0 bridgehead atoms. The third kappa shape index (κ3) is 5.29. The largest absolute Gasteiger partial charge is 0.228 e. The van der Waals surface area contributed by atoms with Crippen molar-refractivity contribution < 1.29 is 0 Å². The third-order valence-corrected chi connectivity index (χ3v) is 12.8. The van der Waals surface area contributed by atoms with Gasteiger partial charge in [0.15, 0.2) is 5.82 Å². The molecular weight excluding hydrogens is 723 g/mol. The fourth-order valence-corrected chi connectivity index (χ4v) is 10.3. The Bertz CT molecular complexity index is 3050. The molecule has 1 aliphatic carbocycles. The molecule has 1 aromatic heterocycles. The molecule has 1 aliphatic heterocycles. The van der Waals surface area contributed by atoms with E-state index in [4.69, 9.17) is 9.97 Å². The maximum atomic E-state index is 10.7. The quantitative estimate of drug-likeness (QED) is 0.175. The summed E-state index contributed by atoms with van der Waals surface area (Å²) in [6.45, 7) is 0. The number of hydrogen-bond acceptors (Lipinski definition) is 4. The molecule has 11 rings (SSSR count). The average Bonchev–Trinajstić information content (AvgIpc) is 3.60. The lowest BCUT2D eigenvalue weighted by molar-refractivity contribution is 0.722. The molecule has 4 heteroatoms. The summed E-state index contributed by atoms with van der Waals surface area (Å²) in [5.41, 5.74) is 16.2. The van der Waals surface area contributed by atoms with E-state index in [-0.39, 0.29) is 0 Å². The lowest BCUT2D eigenvalue weighted by Crippen LogP contribution is -2.31. The molecule has 2 heterocycles. The number of fused-ring (bicyclic) bond motifs is 9. The van der Waals surface area contributed by atoms with Gasteiger partial charge in [0, 0.05) is 32.0 Å². The van der Waals surface area contributed by atoms with Crippen LogP contribution in [-0.2, 0) is 5.41 Å². The van der Waals surface area contributed by atoms with Gasteiger partial charge in [-0.15, -0.1) is 0 Å². The highest BCUT2D eigenvalue weighted by Crippen LogP contribution is 2.64. The van der Waals surface area contributed by atoms with Crippen molar-refractivity contribution in [2.24, 2.45) is 0 Å². The van der Waals surface area contributed by atoms with E-state index in [2.05, 4.69) is 170 Å². The summed E-state index contributed by atoms with van der Waals surface area (Å²) in [4.78, 5) is 12.8. The van der Waals surface area contributed by atoms with Gasteiger partial charge < -0.3 is 0 Å². The number of aromatic nitrogens is 2. The Balaban J connectivity index is 1.10. The van der Waals surface area contributed by atoms with Gasteiger partial charge in [-0.3, -0.25) is 0 Å². The zero-order valence-corrected chi connectivity index (χ0v) is 32.1. The van der Waals surface area contributed by atoms with Crippen molar-refractivity contribution in [1.82, 2.24) is 9.97 Å². The van der Waals surface area contributed by atoms with Gasteiger partial charge in [0.2, 0.25) is 0 Å². The molecule has 0 atom stereocenters. The van der Waals surface area contributed by atoms with E-state index in [9.17, 15) is 5.26 Å². The van der Waals surface area contributed by atoms with Crippen LogP contribution in [-0.4, -0.2) is 9.97 Å². The predicted octanol–water partition coefficient (Wildman–Crippen LogP) is 13.5. The first-order valence-corrected chi connectivity index (χ1v) is 20.3. The van der Waals surface area contributed by atoms with E-state index >= 15 is 0 Å². The second-order valence-electron chi connectivity index (χ2n) is 14.8. The Kier molecular flexibility index (Phi) is 8.03. The summed E-state index contributed by atoms with van der Waals surface area (Å²) in [6.07, 6.45) is 0. The van der Waals surface area contributed by atoms with Crippen LogP contribution in [0, 0.1) is 11.3 Å². The Morgan fingerprint density at radius 1 is 0.397 bits per heavy atom. The summed E-state index contributed by atoms with van der Waals surface area (Å²) >= 11 is 1.82. The minimum atomic E-state index is -0.578. The number of hydrogen-bond donors (Lipinski definition) is 0. The maximum absolute atomic E-state index is 10.7. The van der Waals surface area contributed by atoms with Crippen LogP contribution < -0.4 is 0 Å². The summed E-state index contributed by atoms with van der Waals surface area (Å²) in [7, 11) is 0. The fourth-order valence-electron chi connectivity index (χ4n) is 9.09. The Morgan fingerprint density at radius 3 is 1.59 bits per heavy atom. The van der Waals surface area contributed by atoms with Crippen LogP contribution in [0.25, 0.3) is 67.3 Å². The molecule has 0 radical (unpaired) electrons. The van der Waals surface area contributed by atoms with E-state index in [1.165, 1.54) is 32.0 Å². The average molecular weight is 756 g/mol. The zero-order valence-electron chi connectivity index (χ0n) is 31.3. The second kappa shape index (κ2) is 13.7. The van der Waals surface area contributed by atoms with Crippen molar-refractivity contribution in [3.05, 3.63) is 228 Å². The molecule has 270 valence electrons. The van der Waals surface area contributed by atoms with E-state index in [1.807, 2.05) is 48.2 Å². The van der Waals surface area contributed by atoms with Gasteiger partial charge in [0.25, 0.3) is 0 Å². The van der Waals surface area contributed by atoms with Gasteiger partial charge in [-0.05, 0) is 80.4 Å². The molecule has 8 aromatic carbocycles. The Hall–Kier alpha value is -7.32. The molecular formula is C54H33N3S. The van der Waals surface area contributed by atoms with Crippen molar-refractivity contribution in [3.63, 3.8) is 0 Å². The van der Waals surface area contributed by atoms with Crippen molar-refractivity contribution in [3.8, 4) is 73.4 Å². The number of benzene rings is 8. The summed E-state index contributed by atoms with van der Waals surface area (Å²) in [5, 5.41) is 10.7. The van der Waals surface area contributed by atoms with Crippen molar-refractivity contribution in [2.75, 3.05) is 0 Å². The summed E-state index contributed by atoms with van der Waals surface area (Å²) in [5.74, 6) is 0.674. The number of rotatable bonds is 5. The molecule has 0 amide bonds. The van der Waals surface area contributed by atoms with Crippen molar-refractivity contribution in [2.45, 2.75) is 15.2 Å². The lowest BCUT2D eigenvalue weighted by atomic mass is 9.67. The topological polar surface area (TPSA) is 49.6 Å². The highest BCUT2D eigenvalue weighted by molar-refractivity contribution is 7.99. The van der Waals surface area contributed by atoms with E-state index < -0.39 is 5.41 Å². The first-order chi connectivity index (χ1) is 28.7. The fraction of sp³-hybridized carbons (Fsp3) is 0.0185. The highest BCUT2D eigenvalue weighted by Gasteiger charge is 2.51. The van der Waals surface area contributed by atoms with E-state index in [0.29, 0.717) is 11.4 Å². The van der Waals surface area contributed by atoms with Crippen molar-refractivity contribution in [1.29, 1.82) is 5.26 Å². The SMILES string of the molecule is N#Cc1cccc2c1-c1c(-c3cccc(-c4cc(-c5ccc(-c6ccccc6)cc5)nc(-c5ccccc5)n4)c3)cccc1C21c2ccccc2Sc2ccccc21. The van der Waals surface area contributed by atoms with E-state index in [1.54, 1.807) is 0 Å². The van der Waals surface area contributed by atoms with Gasteiger partial charge in [-0.2, -0.15) is 5.26 Å². The van der Waals surface area contributed by atoms with Crippen LogP contribution in [0.1, 0.15) is 27.8 Å². The van der Waals surface area contributed by atoms with Gasteiger partial charge in [0.05, 0.1) is 28.4 Å². The third-order valence-electron chi connectivity index (χ3n) is 11.6. The monoisotopic (exact) mass is 755 g/mol. The van der Waals surface area contributed by atoms with Crippen LogP contribution in [0.15, 0.2) is 210 Å². The van der Waals surface area contributed by atoms with Crippen LogP contribution in [0.3, 0.4) is 0 Å². The van der Waals surface area contributed by atoms with Crippen LogP contribution >= 0.6 is 11.8 Å². The van der Waals surface area contributed by atoms with Crippen LogP contribution in [0.5, 0.6) is 0 Å². The number of nitrogens with zero attached hydrogens (tertiary/aromatic N) is 3. The van der Waals surface area contributed by atoms with Crippen LogP contribution in [0.4, 0.5) is 0 Å². The number of nitriles is 1. The minimum absolute atomic E-state index is 0.578. The first kappa shape index (κ1) is 34.0. The van der Waals surface area contributed by atoms with Gasteiger partial charge >= 0.3 is 0 Å². The molecule has 0 unspecified atom stereocenters. The first-order valence-electron chi connectivity index (χ1n) is 19.5. The molecule has 0 saturated heterocycles. The molecule has 0 fully saturated rings. The van der Waals surface area contributed by atoms with Crippen molar-refractivity contribution >= 4 is 11.8 Å². The Morgan fingerprint density at radius 2 is 0.897 bits per heavy atom. The van der Waals surface area contributed by atoms with Gasteiger partial charge in [-0.25, -0.2) is 9.97 Å². The molecule has 9 aromatic rings. The Labute approximate surface area is 342 Å². The molecule has 2 aliphatic rings. The molecule has 0 saturated carbocycles. The normalized spacial score (nSPS) is 12.9. The second-order valence-corrected chi connectivity index (χ2v) is 15.8. The minimum Gasteiger partial charge on any atom is -0.228 e. The smallest absolute Gasteiger partial charge is 0.160 e. The van der Waals surface area contributed by atoms with E-state index in [0.717, 1.165) is 61.5 Å². The van der Waals surface area contributed by atoms with Crippen LogP contribution in [0.2, 0.25) is 0 Å². The molecule has 58 heavy (non-hydrogen) atoms. The lowest BCUT2D eigenvalue weighted by Gasteiger charge is -2.39. The molecule has 1 spiro atoms. The molecule has 3 nitrogen and oxygen atoms in total. The van der Waals surface area contributed by atoms with Gasteiger partial charge in [0.1, 0.15) is 0 Å². The predicted molar refractivity (Wildman–Crippen MR) is 235 cm³/mol. The summed E-state index contributed by atoms with van der Waals surface area (Å²) < 4.78 is 0. The maximum Gasteiger partial charge on any atom is 0.160 e. The molecule has 0 N–H and O–H groups in total. The standard InChI is InChI=1S/C54H33N3S/c55-34-41-20-12-24-45-51(41)52-42(21-13-25-46(52)54(45)43-22-7-9-26-49(43)58-50-27-10-8-23-44(50)54)39-18-11-19-40(32-39)48-33-47(56-53(57-48)38-16-5-2-6-17-38)37-30-28-36(29-31-37)35-14-3-1-4-15-35/h1-33H. The highest BCUT2D eigenvalue weighted by atomic mass is 32.2. The summed E-state index contributed by atoms with van der Waals surface area (Å²) in [6, 6.07) is 73.1. The zero-order chi connectivity index (χ0) is 38.6.